The number of anilines is 2. The number of nitrogens with zero attached hydrogens (tertiary/aromatic N) is 6. The number of hydrogen-bond acceptors (Lipinski definition) is 9. The molecule has 2 aromatic heterocycles. The predicted octanol–water partition coefficient (Wildman–Crippen LogP) is 5.74. The Balaban J connectivity index is 0.000000353. The number of nitrogens with two attached hydrogens (primary N) is 1. The standard InChI is InChI=1S/C27H29ClFN7O2S.C8H12FN/c1-5-7-15-10-17(30)23(29)21(22(15)28)20-11-18-16(13-39-20)25(33-27(32-18)38-4)35-8-6-9-36-19(12-35)14(2)24(34-36)26(37)31-3;9-5-7-4-8-2-1-3-10(8)6-7/h10,20H,6,8-9,11-13,30H2,1-4H3,(H,31,37);5,8H,1-4,6H2/b;7-5-. The van der Waals surface area contributed by atoms with Gasteiger partial charge in [-0.2, -0.15) is 15.1 Å². The van der Waals surface area contributed by atoms with Gasteiger partial charge in [0.1, 0.15) is 5.82 Å². The van der Waals surface area contributed by atoms with Crippen LogP contribution in [0.3, 0.4) is 0 Å². The van der Waals surface area contributed by atoms with Gasteiger partial charge in [-0.25, -0.2) is 8.78 Å². The maximum Gasteiger partial charge on any atom is 0.318 e. The number of ether oxygens (including phenoxy) is 1. The minimum absolute atomic E-state index is 0.0205. The van der Waals surface area contributed by atoms with E-state index >= 15 is 4.39 Å². The van der Waals surface area contributed by atoms with E-state index in [1.807, 2.05) is 11.6 Å². The third-order valence-electron chi connectivity index (χ3n) is 9.64. The molecule has 0 saturated carbocycles. The molecular weight excluding hydrogens is 670 g/mol. The van der Waals surface area contributed by atoms with E-state index in [4.69, 9.17) is 27.1 Å². The first kappa shape index (κ1) is 35.0. The van der Waals surface area contributed by atoms with Crippen molar-refractivity contribution in [2.45, 2.75) is 76.1 Å². The first-order valence-corrected chi connectivity index (χ1v) is 17.9. The van der Waals surface area contributed by atoms with Gasteiger partial charge in [0.05, 0.1) is 42.1 Å². The molecule has 1 amide bonds. The molecule has 4 aliphatic heterocycles. The van der Waals surface area contributed by atoms with E-state index in [-0.39, 0.29) is 27.9 Å². The topological polar surface area (TPSA) is 114 Å². The van der Waals surface area contributed by atoms with Crippen molar-refractivity contribution >= 4 is 40.8 Å². The number of nitrogens with one attached hydrogen (secondary N) is 1. The van der Waals surface area contributed by atoms with E-state index in [1.165, 1.54) is 32.6 Å². The molecule has 2 unspecified atom stereocenters. The molecule has 4 aliphatic rings. The lowest BCUT2D eigenvalue weighted by atomic mass is 10.00. The second-order valence-electron chi connectivity index (χ2n) is 12.6. The number of aromatic nitrogens is 4. The van der Waals surface area contributed by atoms with Crippen LogP contribution in [0.5, 0.6) is 6.01 Å². The van der Waals surface area contributed by atoms with Crippen LogP contribution in [0.25, 0.3) is 0 Å². The highest BCUT2D eigenvalue weighted by atomic mass is 35.5. The lowest BCUT2D eigenvalue weighted by Crippen LogP contribution is -2.27. The zero-order chi connectivity index (χ0) is 34.8. The van der Waals surface area contributed by atoms with Gasteiger partial charge in [-0.3, -0.25) is 14.4 Å². The van der Waals surface area contributed by atoms with Crippen molar-refractivity contribution in [3.63, 3.8) is 0 Å². The zero-order valence-corrected chi connectivity index (χ0v) is 29.8. The molecule has 2 saturated heterocycles. The quantitative estimate of drug-likeness (QED) is 0.258. The monoisotopic (exact) mass is 710 g/mol. The van der Waals surface area contributed by atoms with Gasteiger partial charge in [0.15, 0.2) is 11.5 Å². The molecule has 0 radical (unpaired) electrons. The lowest BCUT2D eigenvalue weighted by Gasteiger charge is -2.30. The van der Waals surface area contributed by atoms with Gasteiger partial charge >= 0.3 is 6.01 Å². The Morgan fingerprint density at radius 1 is 1.22 bits per heavy atom. The number of fused-ring (bicyclic) bond motifs is 3. The Labute approximate surface area is 294 Å². The van der Waals surface area contributed by atoms with Gasteiger partial charge in [0, 0.05) is 72.4 Å². The summed E-state index contributed by atoms with van der Waals surface area (Å²) in [6.45, 7) is 7.66. The van der Waals surface area contributed by atoms with Crippen LogP contribution in [-0.4, -0.2) is 70.4 Å². The van der Waals surface area contributed by atoms with Crippen molar-refractivity contribution < 1.29 is 18.3 Å². The average molecular weight is 711 g/mol. The minimum atomic E-state index is -0.521. The summed E-state index contributed by atoms with van der Waals surface area (Å²) < 4.78 is 34.7. The van der Waals surface area contributed by atoms with Gasteiger partial charge in [-0.15, -0.1) is 17.7 Å². The molecular formula is C35H41ClF2N8O2S. The van der Waals surface area contributed by atoms with Crippen molar-refractivity contribution in [1.29, 1.82) is 0 Å². The van der Waals surface area contributed by atoms with Crippen molar-refractivity contribution in [2.24, 2.45) is 0 Å². The van der Waals surface area contributed by atoms with Crippen LogP contribution in [0.4, 0.5) is 20.3 Å². The smallest absolute Gasteiger partial charge is 0.318 e. The molecule has 0 spiro atoms. The van der Waals surface area contributed by atoms with Crippen molar-refractivity contribution in [3.05, 3.63) is 68.1 Å². The number of carbonyl (C=O) groups excluding carboxylic acids is 1. The summed E-state index contributed by atoms with van der Waals surface area (Å²) in [4.78, 5) is 26.3. The third-order valence-corrected chi connectivity index (χ3v) is 11.3. The largest absolute Gasteiger partial charge is 0.467 e. The molecule has 10 nitrogen and oxygen atoms in total. The van der Waals surface area contributed by atoms with Gasteiger partial charge in [0.2, 0.25) is 0 Å². The van der Waals surface area contributed by atoms with Crippen molar-refractivity contribution in [1.82, 2.24) is 30.0 Å². The summed E-state index contributed by atoms with van der Waals surface area (Å²) in [5.74, 6) is 6.33. The summed E-state index contributed by atoms with van der Waals surface area (Å²) in [5.41, 5.74) is 11.9. The molecule has 260 valence electrons. The Bertz CT molecular complexity index is 1840. The van der Waals surface area contributed by atoms with E-state index in [9.17, 15) is 9.18 Å². The molecule has 1 aromatic carbocycles. The molecule has 6 heterocycles. The minimum Gasteiger partial charge on any atom is -0.467 e. The van der Waals surface area contributed by atoms with Crippen LogP contribution >= 0.6 is 23.4 Å². The highest BCUT2D eigenvalue weighted by Gasteiger charge is 2.34. The SMILES string of the molecule is CC#Cc1cc(N)c(F)c(C2Cc3nc(OC)nc(N4CCCn5nc(C(=O)NC)c(C)c5C4)c3CS2)c1Cl.F/C=C1/CC2CCCN2C1. The number of halogens is 3. The van der Waals surface area contributed by atoms with Crippen LogP contribution < -0.4 is 20.7 Å². The molecule has 14 heteroatoms. The van der Waals surface area contributed by atoms with Crippen LogP contribution in [0, 0.1) is 24.6 Å². The summed E-state index contributed by atoms with van der Waals surface area (Å²) in [5, 5.41) is 7.21. The van der Waals surface area contributed by atoms with Crippen LogP contribution in [-0.2, 0) is 25.3 Å². The fourth-order valence-corrected chi connectivity index (χ4v) is 8.86. The number of aryl methyl sites for hydroxylation is 1. The van der Waals surface area contributed by atoms with E-state index in [1.54, 1.807) is 25.7 Å². The molecule has 3 N–H and O–H groups in total. The van der Waals surface area contributed by atoms with Gasteiger partial charge in [0.25, 0.3) is 5.91 Å². The lowest BCUT2D eigenvalue weighted by molar-refractivity contribution is 0.0956. The highest BCUT2D eigenvalue weighted by molar-refractivity contribution is 7.98. The van der Waals surface area contributed by atoms with Crippen molar-refractivity contribution in [2.75, 3.05) is 44.4 Å². The molecule has 0 aliphatic carbocycles. The predicted molar refractivity (Wildman–Crippen MR) is 189 cm³/mol. The molecule has 0 bridgehead atoms. The number of thioether (sulfide) groups is 1. The van der Waals surface area contributed by atoms with E-state index < -0.39 is 5.82 Å². The Morgan fingerprint density at radius 3 is 2.76 bits per heavy atom. The first-order chi connectivity index (χ1) is 23.7. The molecule has 7 rings (SSSR count). The van der Waals surface area contributed by atoms with Crippen LogP contribution in [0.15, 0.2) is 18.0 Å². The number of methoxy groups -OCH3 is 1. The van der Waals surface area contributed by atoms with E-state index in [0.29, 0.717) is 48.1 Å². The molecule has 3 aromatic rings. The maximum absolute atomic E-state index is 15.3. The number of benzene rings is 1. The average Bonchev–Trinajstić information content (AvgIpc) is 3.75. The Kier molecular flexibility index (Phi) is 10.7. The molecule has 2 fully saturated rings. The second-order valence-corrected chi connectivity index (χ2v) is 14.2. The number of nitrogen functional groups attached to an aromatic ring is 1. The fraction of sp³-hybridized carbons (Fsp3) is 0.486. The number of carbonyl (C=O) groups is 1. The van der Waals surface area contributed by atoms with E-state index in [2.05, 4.69) is 37.0 Å². The third kappa shape index (κ3) is 6.96. The van der Waals surface area contributed by atoms with Crippen molar-refractivity contribution in [3.8, 4) is 17.9 Å². The van der Waals surface area contributed by atoms with Gasteiger partial charge < -0.3 is 20.7 Å². The summed E-state index contributed by atoms with van der Waals surface area (Å²) >= 11 is 8.21. The normalized spacial score (nSPS) is 20.7. The molecule has 2 atom stereocenters. The van der Waals surface area contributed by atoms with Crippen LogP contribution in [0.2, 0.25) is 5.02 Å². The molecule has 49 heavy (non-hydrogen) atoms. The summed E-state index contributed by atoms with van der Waals surface area (Å²) in [6.07, 6.45) is 5.61. The van der Waals surface area contributed by atoms with Gasteiger partial charge in [-0.1, -0.05) is 17.5 Å². The first-order valence-electron chi connectivity index (χ1n) is 16.5. The highest BCUT2D eigenvalue weighted by Crippen LogP contribution is 2.47. The summed E-state index contributed by atoms with van der Waals surface area (Å²) in [7, 11) is 3.13. The number of amides is 1. The number of hydrogen-bond donors (Lipinski definition) is 2. The zero-order valence-electron chi connectivity index (χ0n) is 28.2. The van der Waals surface area contributed by atoms with E-state index in [0.717, 1.165) is 66.2 Å². The number of rotatable bonds is 4. The van der Waals surface area contributed by atoms with Gasteiger partial charge in [-0.05, 0) is 57.7 Å². The second kappa shape index (κ2) is 14.9. The fourth-order valence-electron chi connectivity index (χ4n) is 7.16. The Morgan fingerprint density at radius 2 is 2.04 bits per heavy atom. The Hall–Kier alpha value is -3.86. The summed E-state index contributed by atoms with van der Waals surface area (Å²) in [6, 6.07) is 2.40. The maximum atomic E-state index is 15.3. The van der Waals surface area contributed by atoms with Crippen LogP contribution in [0.1, 0.15) is 82.0 Å².